The van der Waals surface area contributed by atoms with Crippen molar-refractivity contribution in [3.63, 3.8) is 0 Å². The van der Waals surface area contributed by atoms with Gasteiger partial charge < -0.3 is 15.5 Å². The Morgan fingerprint density at radius 2 is 2.04 bits per heavy atom. The number of benzene rings is 1. The number of nitrogens with one attached hydrogen (secondary N) is 2. The average Bonchev–Trinajstić information content (AvgIpc) is 3.31. The van der Waals surface area contributed by atoms with Gasteiger partial charge in [0, 0.05) is 30.2 Å². The Hall–Kier alpha value is -2.48. The maximum atomic E-state index is 13.6. The molecule has 0 bridgehead atoms. The van der Waals surface area contributed by atoms with Crippen molar-refractivity contribution in [2.24, 2.45) is 0 Å². The Bertz CT molecular complexity index is 830. The predicted octanol–water partition coefficient (Wildman–Crippen LogP) is 2.65. The first-order chi connectivity index (χ1) is 13.1. The summed E-state index contributed by atoms with van der Waals surface area (Å²) >= 11 is 1.38. The molecular weight excluding hydrogens is 367 g/mol. The molecule has 2 aliphatic rings. The molecule has 2 aromatic rings. The number of rotatable bonds is 5. The van der Waals surface area contributed by atoms with Crippen LogP contribution in [0.15, 0.2) is 35.2 Å². The molecule has 0 radical (unpaired) electrons. The van der Waals surface area contributed by atoms with E-state index in [2.05, 4.69) is 15.6 Å². The smallest absolute Gasteiger partial charge is 0.273 e. The Kier molecular flexibility index (Phi) is 4.82. The molecule has 1 saturated heterocycles. The first kappa shape index (κ1) is 17.9. The van der Waals surface area contributed by atoms with Gasteiger partial charge in [0.25, 0.3) is 5.91 Å². The summed E-state index contributed by atoms with van der Waals surface area (Å²) in [6.45, 7) is 0.882. The number of nitrogens with zero attached hydrogens (tertiary/aromatic N) is 2. The van der Waals surface area contributed by atoms with E-state index in [1.165, 1.54) is 23.5 Å². The fourth-order valence-electron chi connectivity index (χ4n) is 3.37. The summed E-state index contributed by atoms with van der Waals surface area (Å²) < 4.78 is 13.6. The van der Waals surface area contributed by atoms with Crippen LogP contribution in [0.4, 0.5) is 10.1 Å². The van der Waals surface area contributed by atoms with E-state index in [0.717, 1.165) is 12.8 Å². The van der Waals surface area contributed by atoms with E-state index in [-0.39, 0.29) is 23.7 Å². The number of carbonyl (C=O) groups excluding carboxylic acids is 2. The van der Waals surface area contributed by atoms with E-state index in [9.17, 15) is 14.0 Å². The molecule has 1 aromatic carbocycles. The number of likely N-dealkylation sites (tertiary alicyclic amines) is 1. The highest BCUT2D eigenvalue weighted by atomic mass is 32.1. The van der Waals surface area contributed by atoms with Crippen molar-refractivity contribution in [2.45, 2.75) is 37.3 Å². The van der Waals surface area contributed by atoms with Crippen molar-refractivity contribution in [2.75, 3.05) is 18.4 Å². The van der Waals surface area contributed by atoms with Crippen molar-refractivity contribution >= 4 is 28.8 Å². The fourth-order valence-corrected chi connectivity index (χ4v) is 3.90. The van der Waals surface area contributed by atoms with Gasteiger partial charge in [-0.25, -0.2) is 9.37 Å². The molecule has 2 N–H and O–H groups in total. The molecule has 2 fully saturated rings. The number of halogens is 1. The average molecular weight is 388 g/mol. The molecule has 4 rings (SSSR count). The summed E-state index contributed by atoms with van der Waals surface area (Å²) in [7, 11) is 0. The van der Waals surface area contributed by atoms with E-state index in [4.69, 9.17) is 0 Å². The van der Waals surface area contributed by atoms with Crippen LogP contribution in [0.5, 0.6) is 0 Å². The Morgan fingerprint density at radius 1 is 1.26 bits per heavy atom. The summed E-state index contributed by atoms with van der Waals surface area (Å²) in [5.41, 5.74) is 1.79. The van der Waals surface area contributed by atoms with Crippen LogP contribution >= 0.6 is 11.3 Å². The second-order valence-corrected chi connectivity index (χ2v) is 7.85. The van der Waals surface area contributed by atoms with Gasteiger partial charge in [0.15, 0.2) is 0 Å². The maximum Gasteiger partial charge on any atom is 0.273 e. The third kappa shape index (κ3) is 3.95. The zero-order valence-electron chi connectivity index (χ0n) is 14.8. The third-order valence-corrected chi connectivity index (χ3v) is 5.70. The van der Waals surface area contributed by atoms with E-state index in [0.29, 0.717) is 37.3 Å². The third-order valence-electron chi connectivity index (χ3n) is 5.11. The predicted molar refractivity (Wildman–Crippen MR) is 101 cm³/mol. The lowest BCUT2D eigenvalue weighted by Crippen LogP contribution is -2.59. The minimum Gasteiger partial charge on any atom is -0.371 e. The highest BCUT2D eigenvalue weighted by Gasteiger charge is 2.44. The van der Waals surface area contributed by atoms with Crippen LogP contribution in [0.1, 0.15) is 36.2 Å². The lowest BCUT2D eigenvalue weighted by molar-refractivity contribution is -0.127. The van der Waals surface area contributed by atoms with E-state index >= 15 is 0 Å². The lowest BCUT2D eigenvalue weighted by atomic mass is 9.85. The van der Waals surface area contributed by atoms with E-state index < -0.39 is 5.54 Å². The zero-order valence-corrected chi connectivity index (χ0v) is 15.6. The standard InChI is InChI=1S/C19H21FN4O2S/c20-13-2-1-3-15(10-13)23-19(18(26)22-14-4-5-14)6-8-24(9-7-19)17(25)16-11-27-12-21-16/h1-3,10-12,14,23H,4-9H2,(H,22,26). The number of piperidine rings is 1. The van der Waals surface area contributed by atoms with Crippen molar-refractivity contribution in [3.8, 4) is 0 Å². The number of carbonyl (C=O) groups is 2. The van der Waals surface area contributed by atoms with Crippen molar-refractivity contribution in [1.82, 2.24) is 15.2 Å². The minimum absolute atomic E-state index is 0.0741. The fraction of sp³-hybridized carbons (Fsp3) is 0.421. The Balaban J connectivity index is 1.51. The monoisotopic (exact) mass is 388 g/mol. The number of thiazole rings is 1. The van der Waals surface area contributed by atoms with Crippen molar-refractivity contribution < 1.29 is 14.0 Å². The number of hydrogen-bond acceptors (Lipinski definition) is 5. The highest BCUT2D eigenvalue weighted by Crippen LogP contribution is 2.30. The molecule has 1 aliphatic heterocycles. The molecule has 8 heteroatoms. The number of anilines is 1. The summed E-state index contributed by atoms with van der Waals surface area (Å²) in [6, 6.07) is 6.36. The molecule has 0 atom stereocenters. The molecule has 2 heterocycles. The highest BCUT2D eigenvalue weighted by molar-refractivity contribution is 7.07. The number of hydrogen-bond donors (Lipinski definition) is 2. The second-order valence-electron chi connectivity index (χ2n) is 7.13. The van der Waals surface area contributed by atoms with Crippen molar-refractivity contribution in [1.29, 1.82) is 0 Å². The van der Waals surface area contributed by atoms with Crippen LogP contribution in [-0.2, 0) is 4.79 Å². The van der Waals surface area contributed by atoms with E-state index in [1.54, 1.807) is 27.9 Å². The van der Waals surface area contributed by atoms with Gasteiger partial charge in [-0.05, 0) is 43.9 Å². The summed E-state index contributed by atoms with van der Waals surface area (Å²) in [6.07, 6.45) is 2.91. The summed E-state index contributed by atoms with van der Waals surface area (Å²) in [4.78, 5) is 31.3. The van der Waals surface area contributed by atoms with Crippen LogP contribution in [0.3, 0.4) is 0 Å². The van der Waals surface area contributed by atoms with Gasteiger partial charge in [0.2, 0.25) is 5.91 Å². The molecule has 1 saturated carbocycles. The quantitative estimate of drug-likeness (QED) is 0.826. The molecule has 6 nitrogen and oxygen atoms in total. The topological polar surface area (TPSA) is 74.3 Å². The van der Waals surface area contributed by atoms with Gasteiger partial charge in [-0.3, -0.25) is 9.59 Å². The van der Waals surface area contributed by atoms with Crippen LogP contribution in [0.25, 0.3) is 0 Å². The van der Waals surface area contributed by atoms with Crippen molar-refractivity contribution in [3.05, 3.63) is 46.7 Å². The van der Waals surface area contributed by atoms with Gasteiger partial charge >= 0.3 is 0 Å². The van der Waals surface area contributed by atoms with Crippen LogP contribution in [0, 0.1) is 5.82 Å². The number of amides is 2. The largest absolute Gasteiger partial charge is 0.371 e. The molecule has 142 valence electrons. The van der Waals surface area contributed by atoms with Gasteiger partial charge in [0.05, 0.1) is 5.51 Å². The normalized spacial score (nSPS) is 18.8. The molecule has 0 unspecified atom stereocenters. The lowest BCUT2D eigenvalue weighted by Gasteiger charge is -2.41. The zero-order chi connectivity index (χ0) is 18.9. The molecule has 27 heavy (non-hydrogen) atoms. The SMILES string of the molecule is O=C(c1cscn1)N1CCC(Nc2cccc(F)c2)(C(=O)NC2CC2)CC1. The van der Waals surface area contributed by atoms with Gasteiger partial charge in [-0.2, -0.15) is 0 Å². The summed E-state index contributed by atoms with van der Waals surface area (Å²) in [5, 5.41) is 8.05. The van der Waals surface area contributed by atoms with Gasteiger partial charge in [-0.1, -0.05) is 6.07 Å². The number of aromatic nitrogens is 1. The summed E-state index contributed by atoms with van der Waals surface area (Å²) in [5.74, 6) is -0.540. The first-order valence-corrected chi connectivity index (χ1v) is 10.0. The minimum atomic E-state index is -0.852. The Morgan fingerprint density at radius 3 is 2.67 bits per heavy atom. The molecule has 1 aliphatic carbocycles. The van der Waals surface area contributed by atoms with E-state index in [1.807, 2.05) is 0 Å². The van der Waals surface area contributed by atoms with Gasteiger partial charge in [-0.15, -0.1) is 11.3 Å². The van der Waals surface area contributed by atoms with Crippen LogP contribution in [-0.4, -0.2) is 46.4 Å². The molecule has 1 aromatic heterocycles. The molecule has 0 spiro atoms. The Labute approximate surface area is 160 Å². The first-order valence-electron chi connectivity index (χ1n) is 9.08. The van der Waals surface area contributed by atoms with Gasteiger partial charge in [0.1, 0.15) is 17.1 Å². The molecule has 2 amide bonds. The molecular formula is C19H21FN4O2S. The van der Waals surface area contributed by atoms with Crippen LogP contribution in [0.2, 0.25) is 0 Å². The maximum absolute atomic E-state index is 13.6. The second kappa shape index (κ2) is 7.26. The van der Waals surface area contributed by atoms with Crippen LogP contribution < -0.4 is 10.6 Å².